The Bertz CT molecular complexity index is 692. The highest BCUT2D eigenvalue weighted by atomic mass is 32.1. The summed E-state index contributed by atoms with van der Waals surface area (Å²) in [5, 5.41) is 3.93. The summed E-state index contributed by atoms with van der Waals surface area (Å²) in [6.07, 6.45) is 4.13. The zero-order valence-corrected chi connectivity index (χ0v) is 16.8. The molecule has 2 amide bonds. The number of nitrogens with one attached hydrogen (secondary N) is 1. The Hall–Kier alpha value is -1.60. The van der Waals surface area contributed by atoms with E-state index in [1.54, 1.807) is 11.3 Å². The van der Waals surface area contributed by atoms with E-state index >= 15 is 0 Å². The number of fused-ring (bicyclic) bond motifs is 1. The number of hydrogen-bond donors (Lipinski definition) is 1. The molecule has 26 heavy (non-hydrogen) atoms. The summed E-state index contributed by atoms with van der Waals surface area (Å²) in [5.41, 5.74) is 1.96. The van der Waals surface area contributed by atoms with Gasteiger partial charge >= 0.3 is 6.09 Å². The van der Waals surface area contributed by atoms with Crippen LogP contribution < -0.4 is 5.32 Å². The van der Waals surface area contributed by atoms with Crippen molar-refractivity contribution in [3.05, 3.63) is 16.0 Å². The lowest BCUT2D eigenvalue weighted by molar-refractivity contribution is -0.127. The summed E-state index contributed by atoms with van der Waals surface area (Å²) in [5.74, 6) is -0.211. The van der Waals surface area contributed by atoms with Gasteiger partial charge in [0, 0.05) is 11.4 Å². The van der Waals surface area contributed by atoms with Gasteiger partial charge in [0.2, 0.25) is 5.91 Å². The predicted octanol–water partition coefficient (Wildman–Crippen LogP) is 3.51. The Morgan fingerprint density at radius 2 is 2.00 bits per heavy atom. The van der Waals surface area contributed by atoms with Crippen molar-refractivity contribution in [1.29, 1.82) is 0 Å². The first-order valence-corrected chi connectivity index (χ1v) is 10.1. The van der Waals surface area contributed by atoms with E-state index in [1.807, 2.05) is 20.8 Å². The van der Waals surface area contributed by atoms with Crippen molar-refractivity contribution >= 4 is 28.3 Å². The SMILES string of the molecule is Cc1c(NC(=O)[C@@H]2COCCN2C(=O)OC(C)(C)C)sc2c1CCCC2. The Morgan fingerprint density at radius 3 is 2.69 bits per heavy atom. The molecule has 6 nitrogen and oxygen atoms in total. The van der Waals surface area contributed by atoms with Gasteiger partial charge in [-0.1, -0.05) is 0 Å². The first-order chi connectivity index (χ1) is 12.3. The molecule has 0 bridgehead atoms. The van der Waals surface area contributed by atoms with E-state index in [0.717, 1.165) is 17.8 Å². The number of carbonyl (C=O) groups excluding carboxylic acids is 2. The normalized spacial score (nSPS) is 20.5. The van der Waals surface area contributed by atoms with Gasteiger partial charge in [-0.3, -0.25) is 9.69 Å². The number of aryl methyl sites for hydroxylation is 1. The van der Waals surface area contributed by atoms with Gasteiger partial charge in [-0.25, -0.2) is 4.79 Å². The van der Waals surface area contributed by atoms with E-state index < -0.39 is 17.7 Å². The van der Waals surface area contributed by atoms with Gasteiger partial charge in [-0.15, -0.1) is 11.3 Å². The summed E-state index contributed by atoms with van der Waals surface area (Å²) in [6.45, 7) is 8.48. The molecule has 0 aromatic carbocycles. The van der Waals surface area contributed by atoms with Crippen molar-refractivity contribution < 1.29 is 19.1 Å². The van der Waals surface area contributed by atoms with E-state index in [2.05, 4.69) is 12.2 Å². The summed E-state index contributed by atoms with van der Waals surface area (Å²) in [7, 11) is 0. The zero-order chi connectivity index (χ0) is 18.9. The molecule has 0 spiro atoms. The van der Waals surface area contributed by atoms with Crippen LogP contribution in [0.1, 0.15) is 49.6 Å². The quantitative estimate of drug-likeness (QED) is 0.853. The van der Waals surface area contributed by atoms with Crippen LogP contribution >= 0.6 is 11.3 Å². The third-order valence-corrected chi connectivity index (χ3v) is 6.04. The van der Waals surface area contributed by atoms with E-state index in [4.69, 9.17) is 9.47 Å². The largest absolute Gasteiger partial charge is 0.444 e. The minimum atomic E-state index is -0.669. The average molecular weight is 381 g/mol. The molecule has 1 saturated heterocycles. The van der Waals surface area contributed by atoms with Crippen molar-refractivity contribution in [2.45, 2.75) is 65.0 Å². The van der Waals surface area contributed by atoms with Gasteiger partial charge in [0.25, 0.3) is 0 Å². The summed E-state index contributed by atoms with van der Waals surface area (Å²) in [4.78, 5) is 28.2. The molecule has 0 unspecified atom stereocenters. The number of carbonyl (C=O) groups is 2. The number of amides is 2. The highest BCUT2D eigenvalue weighted by molar-refractivity contribution is 7.16. The highest BCUT2D eigenvalue weighted by Crippen LogP contribution is 2.37. The van der Waals surface area contributed by atoms with Crippen molar-refractivity contribution in [3.63, 3.8) is 0 Å². The van der Waals surface area contributed by atoms with E-state index in [-0.39, 0.29) is 12.5 Å². The molecule has 2 aliphatic rings. The van der Waals surface area contributed by atoms with E-state index in [0.29, 0.717) is 13.2 Å². The van der Waals surface area contributed by atoms with Crippen LogP contribution in [0.25, 0.3) is 0 Å². The van der Waals surface area contributed by atoms with Gasteiger partial charge in [-0.2, -0.15) is 0 Å². The van der Waals surface area contributed by atoms with Crippen LogP contribution in [0, 0.1) is 6.92 Å². The van der Waals surface area contributed by atoms with E-state index in [1.165, 1.54) is 33.7 Å². The molecule has 1 fully saturated rings. The summed E-state index contributed by atoms with van der Waals surface area (Å²) >= 11 is 1.67. The third kappa shape index (κ3) is 4.20. The third-order valence-electron chi connectivity index (χ3n) is 4.73. The number of thiophene rings is 1. The maximum Gasteiger partial charge on any atom is 0.411 e. The van der Waals surface area contributed by atoms with Gasteiger partial charge in [-0.05, 0) is 64.5 Å². The Morgan fingerprint density at radius 1 is 1.27 bits per heavy atom. The molecule has 1 aliphatic heterocycles. The maximum absolute atomic E-state index is 12.9. The molecule has 1 atom stereocenters. The molecule has 3 rings (SSSR count). The Kier molecular flexibility index (Phi) is 5.58. The molecular formula is C19H28N2O4S. The lowest BCUT2D eigenvalue weighted by Crippen LogP contribution is -2.55. The number of anilines is 1. The molecule has 1 aromatic heterocycles. The monoisotopic (exact) mass is 380 g/mol. The minimum absolute atomic E-state index is 0.190. The van der Waals surface area contributed by atoms with Crippen LogP contribution in [-0.2, 0) is 27.1 Å². The molecule has 1 aliphatic carbocycles. The first-order valence-electron chi connectivity index (χ1n) is 9.25. The maximum atomic E-state index is 12.9. The highest BCUT2D eigenvalue weighted by Gasteiger charge is 2.36. The van der Waals surface area contributed by atoms with Gasteiger partial charge in [0.05, 0.1) is 18.2 Å². The standard InChI is InChI=1S/C19H28N2O4S/c1-12-13-7-5-6-8-15(13)26-17(12)20-16(22)14-11-24-10-9-21(14)18(23)25-19(2,3)4/h14H,5-11H2,1-4H3,(H,20,22)/t14-/m0/s1. The van der Waals surface area contributed by atoms with Crippen molar-refractivity contribution in [1.82, 2.24) is 4.90 Å². The molecular weight excluding hydrogens is 352 g/mol. The topological polar surface area (TPSA) is 67.9 Å². The fourth-order valence-electron chi connectivity index (χ4n) is 3.40. The Labute approximate surface area is 158 Å². The smallest absolute Gasteiger partial charge is 0.411 e. The lowest BCUT2D eigenvalue weighted by atomic mass is 9.96. The number of ether oxygens (including phenoxy) is 2. The second kappa shape index (κ2) is 7.56. The average Bonchev–Trinajstić information content (AvgIpc) is 2.89. The van der Waals surface area contributed by atoms with Gasteiger partial charge in [0.15, 0.2) is 0 Å². The number of nitrogens with zero attached hydrogens (tertiary/aromatic N) is 1. The number of rotatable bonds is 2. The van der Waals surface area contributed by atoms with Crippen LogP contribution in [-0.4, -0.2) is 48.3 Å². The minimum Gasteiger partial charge on any atom is -0.444 e. The fraction of sp³-hybridized carbons (Fsp3) is 0.684. The van der Waals surface area contributed by atoms with Crippen LogP contribution in [0.5, 0.6) is 0 Å². The van der Waals surface area contributed by atoms with Crippen LogP contribution in [0.2, 0.25) is 0 Å². The van der Waals surface area contributed by atoms with Gasteiger partial charge < -0.3 is 14.8 Å². The molecule has 1 aromatic rings. The summed E-state index contributed by atoms with van der Waals surface area (Å²) < 4.78 is 10.9. The first kappa shape index (κ1) is 19.2. The molecule has 0 saturated carbocycles. The van der Waals surface area contributed by atoms with Crippen molar-refractivity contribution in [2.75, 3.05) is 25.1 Å². The van der Waals surface area contributed by atoms with Crippen LogP contribution in [0.15, 0.2) is 0 Å². The number of morpholine rings is 1. The fourth-order valence-corrected chi connectivity index (χ4v) is 4.70. The predicted molar refractivity (Wildman–Crippen MR) is 102 cm³/mol. The van der Waals surface area contributed by atoms with E-state index in [9.17, 15) is 9.59 Å². The van der Waals surface area contributed by atoms with Crippen LogP contribution in [0.3, 0.4) is 0 Å². The van der Waals surface area contributed by atoms with Crippen molar-refractivity contribution in [3.8, 4) is 0 Å². The second-order valence-electron chi connectivity index (χ2n) is 7.92. The van der Waals surface area contributed by atoms with Crippen LogP contribution in [0.4, 0.5) is 9.80 Å². The molecule has 2 heterocycles. The zero-order valence-electron chi connectivity index (χ0n) is 16.0. The number of hydrogen-bond acceptors (Lipinski definition) is 5. The van der Waals surface area contributed by atoms with Crippen molar-refractivity contribution in [2.24, 2.45) is 0 Å². The molecule has 1 N–H and O–H groups in total. The second-order valence-corrected chi connectivity index (χ2v) is 9.02. The summed E-state index contributed by atoms with van der Waals surface area (Å²) in [6, 6.07) is -0.669. The van der Waals surface area contributed by atoms with Gasteiger partial charge in [0.1, 0.15) is 11.6 Å². The Balaban J connectivity index is 1.73. The molecule has 144 valence electrons. The molecule has 7 heteroatoms. The lowest BCUT2D eigenvalue weighted by Gasteiger charge is -2.35. The molecule has 0 radical (unpaired) electrons.